The normalized spacial score (nSPS) is 10.5. The first-order valence-electron chi connectivity index (χ1n) is 6.14. The molecule has 1 heteroatoms. The van der Waals surface area contributed by atoms with Crippen molar-refractivity contribution < 1.29 is 0 Å². The minimum absolute atomic E-state index is 1.21. The molecule has 0 saturated heterocycles. The standard InChI is InChI=1S/C17H15N/c1-14-12-16(15-8-4-2-5-9-15)13-18(14)17-10-6-3-7-11-17/h2-13H,1H3. The van der Waals surface area contributed by atoms with Gasteiger partial charge < -0.3 is 4.57 Å². The molecule has 0 unspecified atom stereocenters. The summed E-state index contributed by atoms with van der Waals surface area (Å²) in [6.07, 6.45) is 2.19. The van der Waals surface area contributed by atoms with Gasteiger partial charge in [-0.05, 0) is 30.7 Å². The fourth-order valence-corrected chi connectivity index (χ4v) is 2.23. The molecular weight excluding hydrogens is 218 g/mol. The lowest BCUT2D eigenvalue weighted by Crippen LogP contribution is -1.92. The van der Waals surface area contributed by atoms with Crippen LogP contribution < -0.4 is 0 Å². The summed E-state index contributed by atoms with van der Waals surface area (Å²) in [5.74, 6) is 0. The van der Waals surface area contributed by atoms with Crippen molar-refractivity contribution in [3.05, 3.63) is 78.6 Å². The SMILES string of the molecule is Cc1cc(-c2ccccc2)cn1-c1ccccc1. The first-order valence-corrected chi connectivity index (χ1v) is 6.14. The molecule has 88 valence electrons. The summed E-state index contributed by atoms with van der Waals surface area (Å²) in [4.78, 5) is 0. The molecule has 3 rings (SSSR count). The Kier molecular flexibility index (Phi) is 2.73. The summed E-state index contributed by atoms with van der Waals surface area (Å²) in [6.45, 7) is 2.14. The van der Waals surface area contributed by atoms with Crippen molar-refractivity contribution in [2.75, 3.05) is 0 Å². The third-order valence-electron chi connectivity index (χ3n) is 3.15. The fourth-order valence-electron chi connectivity index (χ4n) is 2.23. The average molecular weight is 233 g/mol. The molecule has 0 saturated carbocycles. The van der Waals surface area contributed by atoms with E-state index in [4.69, 9.17) is 0 Å². The zero-order valence-corrected chi connectivity index (χ0v) is 10.4. The van der Waals surface area contributed by atoms with Gasteiger partial charge in [0.25, 0.3) is 0 Å². The Hall–Kier alpha value is -2.28. The van der Waals surface area contributed by atoms with E-state index in [1.165, 1.54) is 22.5 Å². The first-order chi connectivity index (χ1) is 8.84. The highest BCUT2D eigenvalue weighted by molar-refractivity contribution is 5.64. The van der Waals surface area contributed by atoms with Gasteiger partial charge in [0, 0.05) is 23.1 Å². The Labute approximate surface area is 107 Å². The van der Waals surface area contributed by atoms with Crippen LogP contribution in [0.25, 0.3) is 16.8 Å². The van der Waals surface area contributed by atoms with Gasteiger partial charge in [0.1, 0.15) is 0 Å². The minimum Gasteiger partial charge on any atom is -0.321 e. The number of benzene rings is 2. The molecule has 0 spiro atoms. The number of aryl methyl sites for hydroxylation is 1. The van der Waals surface area contributed by atoms with Crippen LogP contribution in [0.4, 0.5) is 0 Å². The van der Waals surface area contributed by atoms with E-state index in [1.807, 2.05) is 12.1 Å². The second-order valence-electron chi connectivity index (χ2n) is 4.44. The molecule has 3 aromatic rings. The van der Waals surface area contributed by atoms with Gasteiger partial charge in [0.15, 0.2) is 0 Å². The van der Waals surface area contributed by atoms with Gasteiger partial charge in [0.2, 0.25) is 0 Å². The van der Waals surface area contributed by atoms with Crippen molar-refractivity contribution in [3.8, 4) is 16.8 Å². The van der Waals surface area contributed by atoms with Crippen LogP contribution >= 0.6 is 0 Å². The molecule has 1 aromatic heterocycles. The van der Waals surface area contributed by atoms with E-state index >= 15 is 0 Å². The molecule has 18 heavy (non-hydrogen) atoms. The Morgan fingerprint density at radius 3 is 2.00 bits per heavy atom. The van der Waals surface area contributed by atoms with Crippen LogP contribution in [-0.4, -0.2) is 4.57 Å². The maximum atomic E-state index is 2.22. The van der Waals surface area contributed by atoms with Gasteiger partial charge >= 0.3 is 0 Å². The highest BCUT2D eigenvalue weighted by atomic mass is 15.0. The zero-order chi connectivity index (χ0) is 12.4. The second kappa shape index (κ2) is 4.53. The van der Waals surface area contributed by atoms with Crippen LogP contribution in [0, 0.1) is 6.92 Å². The summed E-state index contributed by atoms with van der Waals surface area (Å²) in [5, 5.41) is 0. The third kappa shape index (κ3) is 1.95. The van der Waals surface area contributed by atoms with Gasteiger partial charge in [-0.25, -0.2) is 0 Å². The van der Waals surface area contributed by atoms with E-state index in [0.29, 0.717) is 0 Å². The molecule has 0 aliphatic rings. The number of hydrogen-bond acceptors (Lipinski definition) is 0. The predicted molar refractivity (Wildman–Crippen MR) is 75.9 cm³/mol. The summed E-state index contributed by atoms with van der Waals surface area (Å²) < 4.78 is 2.22. The largest absolute Gasteiger partial charge is 0.321 e. The van der Waals surface area contributed by atoms with Gasteiger partial charge in [-0.3, -0.25) is 0 Å². The first kappa shape index (κ1) is 10.8. The van der Waals surface area contributed by atoms with E-state index in [0.717, 1.165) is 0 Å². The molecule has 0 bridgehead atoms. The van der Waals surface area contributed by atoms with Crippen LogP contribution in [0.15, 0.2) is 72.9 Å². The quantitative estimate of drug-likeness (QED) is 0.616. The smallest absolute Gasteiger partial charge is 0.0452 e. The summed E-state index contributed by atoms with van der Waals surface area (Å²) in [7, 11) is 0. The molecule has 0 N–H and O–H groups in total. The lowest BCUT2D eigenvalue weighted by atomic mass is 10.1. The maximum absolute atomic E-state index is 2.22. The summed E-state index contributed by atoms with van der Waals surface area (Å²) in [5.41, 5.74) is 4.98. The molecule has 1 nitrogen and oxygen atoms in total. The van der Waals surface area contributed by atoms with E-state index in [2.05, 4.69) is 72.3 Å². The van der Waals surface area contributed by atoms with Crippen LogP contribution in [0.3, 0.4) is 0 Å². The zero-order valence-electron chi connectivity index (χ0n) is 10.4. The fraction of sp³-hybridized carbons (Fsp3) is 0.0588. The molecule has 0 radical (unpaired) electrons. The number of nitrogens with zero attached hydrogens (tertiary/aromatic N) is 1. The number of rotatable bonds is 2. The lowest BCUT2D eigenvalue weighted by Gasteiger charge is -2.04. The highest BCUT2D eigenvalue weighted by Crippen LogP contribution is 2.24. The molecule has 1 heterocycles. The number of para-hydroxylation sites is 1. The lowest BCUT2D eigenvalue weighted by molar-refractivity contribution is 1.02. The molecule has 0 amide bonds. The van der Waals surface area contributed by atoms with Crippen molar-refractivity contribution in [3.63, 3.8) is 0 Å². The van der Waals surface area contributed by atoms with E-state index in [1.54, 1.807) is 0 Å². The predicted octanol–water partition coefficient (Wildman–Crippen LogP) is 4.45. The average Bonchev–Trinajstić information content (AvgIpc) is 2.83. The van der Waals surface area contributed by atoms with Gasteiger partial charge in [0.05, 0.1) is 0 Å². The monoisotopic (exact) mass is 233 g/mol. The topological polar surface area (TPSA) is 4.93 Å². The van der Waals surface area contributed by atoms with Gasteiger partial charge in [-0.1, -0.05) is 48.5 Å². The molecule has 0 aliphatic carbocycles. The Balaban J connectivity index is 2.07. The van der Waals surface area contributed by atoms with Crippen molar-refractivity contribution in [1.82, 2.24) is 4.57 Å². The van der Waals surface area contributed by atoms with Gasteiger partial charge in [-0.15, -0.1) is 0 Å². The van der Waals surface area contributed by atoms with Gasteiger partial charge in [-0.2, -0.15) is 0 Å². The Bertz CT molecular complexity index is 636. The molecule has 0 aliphatic heterocycles. The van der Waals surface area contributed by atoms with Crippen molar-refractivity contribution >= 4 is 0 Å². The summed E-state index contributed by atoms with van der Waals surface area (Å²) >= 11 is 0. The van der Waals surface area contributed by atoms with Crippen LogP contribution in [-0.2, 0) is 0 Å². The van der Waals surface area contributed by atoms with Crippen molar-refractivity contribution in [2.24, 2.45) is 0 Å². The molecular formula is C17H15N. The Morgan fingerprint density at radius 2 is 1.33 bits per heavy atom. The number of aromatic nitrogens is 1. The van der Waals surface area contributed by atoms with E-state index in [9.17, 15) is 0 Å². The maximum Gasteiger partial charge on any atom is 0.0452 e. The van der Waals surface area contributed by atoms with Crippen LogP contribution in [0.2, 0.25) is 0 Å². The molecule has 0 fully saturated rings. The third-order valence-corrected chi connectivity index (χ3v) is 3.15. The number of hydrogen-bond donors (Lipinski definition) is 0. The molecule has 2 aromatic carbocycles. The van der Waals surface area contributed by atoms with Crippen LogP contribution in [0.5, 0.6) is 0 Å². The summed E-state index contributed by atoms with van der Waals surface area (Å²) in [6, 6.07) is 23.1. The van der Waals surface area contributed by atoms with E-state index < -0.39 is 0 Å². The minimum atomic E-state index is 1.21. The molecule has 0 atom stereocenters. The van der Waals surface area contributed by atoms with Crippen molar-refractivity contribution in [1.29, 1.82) is 0 Å². The highest BCUT2D eigenvalue weighted by Gasteiger charge is 2.05. The van der Waals surface area contributed by atoms with E-state index in [-0.39, 0.29) is 0 Å². The second-order valence-corrected chi connectivity index (χ2v) is 4.44. The van der Waals surface area contributed by atoms with Crippen LogP contribution in [0.1, 0.15) is 5.69 Å². The van der Waals surface area contributed by atoms with Crippen molar-refractivity contribution in [2.45, 2.75) is 6.92 Å². The Morgan fingerprint density at radius 1 is 0.722 bits per heavy atom.